The summed E-state index contributed by atoms with van der Waals surface area (Å²) in [5.74, 6) is -0.0987. The van der Waals surface area contributed by atoms with Gasteiger partial charge in [0.25, 0.3) is 0 Å². The molecule has 2 aliphatic heterocycles. The fourth-order valence-corrected chi connectivity index (χ4v) is 3.97. The summed E-state index contributed by atoms with van der Waals surface area (Å²) in [5, 5.41) is 2.89. The van der Waals surface area contributed by atoms with Gasteiger partial charge in [-0.2, -0.15) is 0 Å². The summed E-state index contributed by atoms with van der Waals surface area (Å²) in [5.41, 5.74) is 8.55. The van der Waals surface area contributed by atoms with Gasteiger partial charge >= 0.3 is 0 Å². The molecule has 0 spiro atoms. The number of rotatable bonds is 4. The first kappa shape index (κ1) is 17.8. The van der Waals surface area contributed by atoms with Gasteiger partial charge in [-0.25, -0.2) is 10.9 Å². The van der Waals surface area contributed by atoms with E-state index in [-0.39, 0.29) is 23.9 Å². The molecule has 3 unspecified atom stereocenters. The number of benzene rings is 1. The van der Waals surface area contributed by atoms with Gasteiger partial charge in [-0.1, -0.05) is 30.3 Å². The third kappa shape index (κ3) is 3.61. The van der Waals surface area contributed by atoms with Crippen molar-refractivity contribution < 1.29 is 9.59 Å². The number of aromatic nitrogens is 1. The largest absolute Gasteiger partial charge is 0.353 e. The molecule has 2 amide bonds. The Bertz CT molecular complexity index is 819. The van der Waals surface area contributed by atoms with Crippen molar-refractivity contribution in [2.75, 3.05) is 13.1 Å². The van der Waals surface area contributed by atoms with Gasteiger partial charge in [-0.15, -0.1) is 0 Å². The van der Waals surface area contributed by atoms with Gasteiger partial charge < -0.3 is 14.8 Å². The van der Waals surface area contributed by atoms with E-state index >= 15 is 0 Å². The van der Waals surface area contributed by atoms with Crippen molar-refractivity contribution in [3.63, 3.8) is 0 Å². The van der Waals surface area contributed by atoms with Gasteiger partial charge in [-0.3, -0.25) is 9.59 Å². The second kappa shape index (κ2) is 7.54. The van der Waals surface area contributed by atoms with E-state index in [0.29, 0.717) is 25.9 Å². The molecule has 142 valence electrons. The summed E-state index contributed by atoms with van der Waals surface area (Å²) in [7, 11) is 2.00. The van der Waals surface area contributed by atoms with Crippen molar-refractivity contribution in [1.82, 2.24) is 25.6 Å². The van der Waals surface area contributed by atoms with Gasteiger partial charge in [-0.05, 0) is 24.1 Å². The van der Waals surface area contributed by atoms with Gasteiger partial charge in [0.1, 0.15) is 12.1 Å². The van der Waals surface area contributed by atoms with E-state index in [1.54, 1.807) is 4.90 Å². The molecule has 27 heavy (non-hydrogen) atoms. The summed E-state index contributed by atoms with van der Waals surface area (Å²) < 4.78 is 2.05. The molecule has 0 radical (unpaired) electrons. The molecule has 2 aromatic rings. The minimum atomic E-state index is -0.468. The van der Waals surface area contributed by atoms with Gasteiger partial charge in [0.2, 0.25) is 11.8 Å². The van der Waals surface area contributed by atoms with Crippen LogP contribution in [-0.2, 0) is 23.1 Å². The molecule has 3 N–H and O–H groups in total. The van der Waals surface area contributed by atoms with Crippen LogP contribution in [0.1, 0.15) is 23.7 Å². The number of aryl methyl sites for hydroxylation is 1. The van der Waals surface area contributed by atoms with Crippen LogP contribution < -0.4 is 16.2 Å². The summed E-state index contributed by atoms with van der Waals surface area (Å²) in [4.78, 5) is 27.4. The Balaban J connectivity index is 1.47. The predicted molar refractivity (Wildman–Crippen MR) is 101 cm³/mol. The zero-order chi connectivity index (χ0) is 18.8. The molecule has 2 aliphatic rings. The topological polar surface area (TPSA) is 78.4 Å². The molecule has 3 atom stereocenters. The van der Waals surface area contributed by atoms with Crippen molar-refractivity contribution in [2.24, 2.45) is 7.05 Å². The van der Waals surface area contributed by atoms with E-state index in [4.69, 9.17) is 0 Å². The number of piperazine rings is 1. The first-order valence-electron chi connectivity index (χ1n) is 9.38. The van der Waals surface area contributed by atoms with Crippen molar-refractivity contribution >= 4 is 11.8 Å². The van der Waals surface area contributed by atoms with E-state index in [1.165, 1.54) is 0 Å². The Morgan fingerprint density at radius 2 is 1.96 bits per heavy atom. The molecule has 7 nitrogen and oxygen atoms in total. The molecule has 0 bridgehead atoms. The zero-order valence-electron chi connectivity index (χ0n) is 15.4. The van der Waals surface area contributed by atoms with Crippen LogP contribution in [0.2, 0.25) is 0 Å². The highest BCUT2D eigenvalue weighted by Crippen LogP contribution is 2.24. The maximum absolute atomic E-state index is 13.2. The minimum absolute atomic E-state index is 0.0185. The third-order valence-electron chi connectivity index (χ3n) is 5.43. The first-order valence-corrected chi connectivity index (χ1v) is 9.38. The third-order valence-corrected chi connectivity index (χ3v) is 5.43. The molecule has 7 heteroatoms. The lowest BCUT2D eigenvalue weighted by Crippen LogP contribution is -2.61. The van der Waals surface area contributed by atoms with E-state index in [0.717, 1.165) is 11.3 Å². The lowest BCUT2D eigenvalue weighted by Gasteiger charge is -2.36. The van der Waals surface area contributed by atoms with Crippen LogP contribution in [0.5, 0.6) is 0 Å². The minimum Gasteiger partial charge on any atom is -0.353 e. The fourth-order valence-electron chi connectivity index (χ4n) is 3.97. The highest BCUT2D eigenvalue weighted by atomic mass is 16.2. The average Bonchev–Trinajstić information content (AvgIpc) is 3.32. The molecular formula is C20H25N5O2. The average molecular weight is 367 g/mol. The lowest BCUT2D eigenvalue weighted by atomic mass is 10.00. The van der Waals surface area contributed by atoms with Crippen molar-refractivity contribution in [3.8, 4) is 0 Å². The Kier molecular flexibility index (Phi) is 4.96. The first-order chi connectivity index (χ1) is 13.1. The van der Waals surface area contributed by atoms with Crippen molar-refractivity contribution in [2.45, 2.75) is 31.0 Å². The summed E-state index contributed by atoms with van der Waals surface area (Å²) in [6.07, 6.45) is 3.18. The normalized spacial score (nSPS) is 25.4. The SMILES string of the molecule is Cn1cccc1C1CC(C(=O)N2CCNC(=O)C2Cc2ccccc2)NN1. The molecule has 4 rings (SSSR count). The van der Waals surface area contributed by atoms with E-state index in [9.17, 15) is 9.59 Å². The quantitative estimate of drug-likeness (QED) is 0.736. The lowest BCUT2D eigenvalue weighted by molar-refractivity contribution is -0.144. The highest BCUT2D eigenvalue weighted by Gasteiger charge is 2.39. The molecule has 3 heterocycles. The summed E-state index contributed by atoms with van der Waals surface area (Å²) in [6.45, 7) is 1.03. The summed E-state index contributed by atoms with van der Waals surface area (Å²) in [6, 6.07) is 13.2. The number of carbonyl (C=O) groups is 2. The number of carbonyl (C=O) groups excluding carboxylic acids is 2. The van der Waals surface area contributed by atoms with E-state index in [2.05, 4.69) is 26.8 Å². The smallest absolute Gasteiger partial charge is 0.243 e. The monoisotopic (exact) mass is 367 g/mol. The maximum Gasteiger partial charge on any atom is 0.243 e. The highest BCUT2D eigenvalue weighted by molar-refractivity contribution is 5.91. The predicted octanol–water partition coefficient (Wildman–Crippen LogP) is 0.502. The maximum atomic E-state index is 13.2. The van der Waals surface area contributed by atoms with Crippen LogP contribution in [-0.4, -0.2) is 46.5 Å². The van der Waals surface area contributed by atoms with Crippen molar-refractivity contribution in [1.29, 1.82) is 0 Å². The number of hydrogen-bond donors (Lipinski definition) is 3. The number of nitrogens with zero attached hydrogens (tertiary/aromatic N) is 2. The Morgan fingerprint density at radius 1 is 1.15 bits per heavy atom. The van der Waals surface area contributed by atoms with Crippen molar-refractivity contribution in [3.05, 3.63) is 59.9 Å². The van der Waals surface area contributed by atoms with Gasteiger partial charge in [0.05, 0.1) is 6.04 Å². The molecule has 2 fully saturated rings. The number of nitrogens with one attached hydrogen (secondary N) is 3. The number of hydrogen-bond acceptors (Lipinski definition) is 4. The van der Waals surface area contributed by atoms with E-state index < -0.39 is 6.04 Å². The van der Waals surface area contributed by atoms with Crippen LogP contribution >= 0.6 is 0 Å². The second-order valence-corrected chi connectivity index (χ2v) is 7.20. The Morgan fingerprint density at radius 3 is 2.70 bits per heavy atom. The van der Waals surface area contributed by atoms with Crippen LogP contribution in [0, 0.1) is 0 Å². The molecule has 1 aromatic carbocycles. The molecule has 2 saturated heterocycles. The molecule has 0 saturated carbocycles. The fraction of sp³-hybridized carbons (Fsp3) is 0.400. The van der Waals surface area contributed by atoms with Crippen LogP contribution in [0.3, 0.4) is 0 Å². The van der Waals surface area contributed by atoms with Gasteiger partial charge in [0, 0.05) is 38.4 Å². The Labute approximate surface area is 158 Å². The Hall–Kier alpha value is -2.64. The van der Waals surface area contributed by atoms with Crippen LogP contribution in [0.15, 0.2) is 48.7 Å². The van der Waals surface area contributed by atoms with Gasteiger partial charge in [0.15, 0.2) is 0 Å². The second-order valence-electron chi connectivity index (χ2n) is 7.20. The standard InChI is InChI=1S/C20H25N5O2/c1-24-10-5-8-17(24)15-13-16(23-22-15)20(27)25-11-9-21-19(26)18(25)12-14-6-3-2-4-7-14/h2-8,10,15-16,18,22-23H,9,11-13H2,1H3,(H,21,26). The van der Waals surface area contributed by atoms with Crippen LogP contribution in [0.25, 0.3) is 0 Å². The van der Waals surface area contributed by atoms with E-state index in [1.807, 2.05) is 49.6 Å². The van der Waals surface area contributed by atoms with Crippen LogP contribution in [0.4, 0.5) is 0 Å². The molecular weight excluding hydrogens is 342 g/mol. The molecule has 1 aromatic heterocycles. The summed E-state index contributed by atoms with van der Waals surface area (Å²) >= 11 is 0. The molecule has 0 aliphatic carbocycles. The zero-order valence-corrected chi connectivity index (χ0v) is 15.4. The number of hydrazine groups is 1. The number of amides is 2.